The van der Waals surface area contributed by atoms with Gasteiger partial charge in [0.25, 0.3) is 0 Å². The van der Waals surface area contributed by atoms with Gasteiger partial charge in [-0.2, -0.15) is 0 Å². The van der Waals surface area contributed by atoms with Crippen LogP contribution in [0.3, 0.4) is 0 Å². The molecular formula is C15H14BrN5. The summed E-state index contributed by atoms with van der Waals surface area (Å²) in [6.07, 6.45) is 0.834. The molecule has 5 nitrogen and oxygen atoms in total. The number of halogens is 1. The smallest absolute Gasteiger partial charge is 0.205 e. The average Bonchev–Trinajstić information content (AvgIpc) is 3.00. The summed E-state index contributed by atoms with van der Waals surface area (Å²) >= 11 is 3.55. The summed E-state index contributed by atoms with van der Waals surface area (Å²) in [5.74, 6) is 0.609. The second kappa shape index (κ2) is 6.15. The maximum atomic E-state index is 5.59. The van der Waals surface area contributed by atoms with Gasteiger partial charge in [0, 0.05) is 10.0 Å². The van der Waals surface area contributed by atoms with Gasteiger partial charge in [-0.05, 0) is 35.9 Å². The largest absolute Gasteiger partial charge is 0.330 e. The highest BCUT2D eigenvalue weighted by Gasteiger charge is 2.08. The van der Waals surface area contributed by atoms with Crippen molar-refractivity contribution >= 4 is 15.9 Å². The zero-order valence-corrected chi connectivity index (χ0v) is 12.9. The zero-order chi connectivity index (χ0) is 14.7. The minimum atomic E-state index is 0.609. The van der Waals surface area contributed by atoms with Crippen LogP contribution in [-0.4, -0.2) is 26.8 Å². The molecule has 2 N–H and O–H groups in total. The Bertz CT molecular complexity index is 739. The van der Waals surface area contributed by atoms with Gasteiger partial charge in [0.05, 0.1) is 5.69 Å². The molecule has 21 heavy (non-hydrogen) atoms. The third-order valence-electron chi connectivity index (χ3n) is 3.13. The van der Waals surface area contributed by atoms with Gasteiger partial charge in [0.15, 0.2) is 0 Å². The average molecular weight is 344 g/mol. The molecule has 0 fully saturated rings. The molecule has 0 amide bonds. The Balaban J connectivity index is 1.91. The fourth-order valence-electron chi connectivity index (χ4n) is 2.05. The number of benzene rings is 2. The molecule has 0 atom stereocenters. The molecule has 0 aliphatic heterocycles. The van der Waals surface area contributed by atoms with E-state index in [9.17, 15) is 0 Å². The van der Waals surface area contributed by atoms with Gasteiger partial charge in [-0.1, -0.05) is 52.3 Å². The molecule has 1 heterocycles. The summed E-state index contributed by atoms with van der Waals surface area (Å²) in [5, 5.41) is 12.6. The summed E-state index contributed by atoms with van der Waals surface area (Å²) in [5.41, 5.74) is 8.56. The lowest BCUT2D eigenvalue weighted by Crippen LogP contribution is -2.04. The van der Waals surface area contributed by atoms with Crippen LogP contribution in [-0.2, 0) is 6.42 Å². The first kappa shape index (κ1) is 13.9. The van der Waals surface area contributed by atoms with E-state index in [1.54, 1.807) is 0 Å². The van der Waals surface area contributed by atoms with Gasteiger partial charge in [0.1, 0.15) is 0 Å². The number of hydrogen-bond acceptors (Lipinski definition) is 4. The third-order valence-corrected chi connectivity index (χ3v) is 3.87. The topological polar surface area (TPSA) is 69.6 Å². The molecule has 3 rings (SSSR count). The molecule has 0 saturated heterocycles. The van der Waals surface area contributed by atoms with E-state index >= 15 is 0 Å². The van der Waals surface area contributed by atoms with Crippen molar-refractivity contribution in [2.24, 2.45) is 5.73 Å². The predicted molar refractivity (Wildman–Crippen MR) is 85.0 cm³/mol. The second-order valence-corrected chi connectivity index (χ2v) is 5.44. The highest BCUT2D eigenvalue weighted by molar-refractivity contribution is 9.10. The van der Waals surface area contributed by atoms with Crippen LogP contribution < -0.4 is 5.73 Å². The molecule has 106 valence electrons. The third kappa shape index (κ3) is 3.01. The molecule has 0 unspecified atom stereocenters. The van der Waals surface area contributed by atoms with E-state index in [4.69, 9.17) is 5.73 Å². The summed E-state index contributed by atoms with van der Waals surface area (Å²) in [6.45, 7) is 0.623. The maximum Gasteiger partial charge on any atom is 0.205 e. The fraction of sp³-hybridized carbons (Fsp3) is 0.133. The minimum Gasteiger partial charge on any atom is -0.330 e. The number of rotatable bonds is 4. The first-order valence-corrected chi connectivity index (χ1v) is 7.41. The number of nitrogens with zero attached hydrogens (tertiary/aromatic N) is 4. The Morgan fingerprint density at radius 3 is 2.62 bits per heavy atom. The number of aromatic nitrogens is 4. The molecular weight excluding hydrogens is 330 g/mol. The number of tetrazole rings is 1. The molecule has 0 radical (unpaired) electrons. The molecule has 1 aromatic heterocycles. The van der Waals surface area contributed by atoms with Crippen LogP contribution in [0.4, 0.5) is 0 Å². The SMILES string of the molecule is NCCc1ccc(-n2nnc(-c3ccccc3)n2)cc1Br. The van der Waals surface area contributed by atoms with Crippen molar-refractivity contribution in [2.45, 2.75) is 6.42 Å². The van der Waals surface area contributed by atoms with Gasteiger partial charge in [-0.15, -0.1) is 15.0 Å². The number of nitrogens with two attached hydrogens (primary N) is 1. The molecule has 6 heteroatoms. The predicted octanol–water partition coefficient (Wildman–Crippen LogP) is 2.59. The van der Waals surface area contributed by atoms with Crippen LogP contribution in [0, 0.1) is 0 Å². The van der Waals surface area contributed by atoms with Gasteiger partial charge in [-0.25, -0.2) is 0 Å². The quantitative estimate of drug-likeness (QED) is 0.790. The molecule has 0 aliphatic rings. The fourth-order valence-corrected chi connectivity index (χ4v) is 2.61. The van der Waals surface area contributed by atoms with Gasteiger partial charge < -0.3 is 5.73 Å². The lowest BCUT2D eigenvalue weighted by atomic mass is 10.1. The van der Waals surface area contributed by atoms with E-state index in [1.807, 2.05) is 48.5 Å². The normalized spacial score (nSPS) is 10.8. The maximum absolute atomic E-state index is 5.59. The van der Waals surface area contributed by atoms with Crippen LogP contribution in [0.25, 0.3) is 17.1 Å². The van der Waals surface area contributed by atoms with E-state index < -0.39 is 0 Å². The summed E-state index contributed by atoms with van der Waals surface area (Å²) in [6, 6.07) is 15.7. The Kier molecular flexibility index (Phi) is 4.08. The van der Waals surface area contributed by atoms with Crippen molar-refractivity contribution in [2.75, 3.05) is 6.54 Å². The second-order valence-electron chi connectivity index (χ2n) is 4.58. The molecule has 3 aromatic rings. The Morgan fingerprint density at radius 1 is 1.10 bits per heavy atom. The first-order valence-electron chi connectivity index (χ1n) is 6.62. The van der Waals surface area contributed by atoms with Gasteiger partial charge in [0.2, 0.25) is 5.82 Å². The number of hydrogen-bond donors (Lipinski definition) is 1. The lowest BCUT2D eigenvalue weighted by molar-refractivity contribution is 0.719. The van der Waals surface area contributed by atoms with Crippen LogP contribution >= 0.6 is 15.9 Å². The highest BCUT2D eigenvalue weighted by atomic mass is 79.9. The zero-order valence-electron chi connectivity index (χ0n) is 11.3. The standard InChI is InChI=1S/C15H14BrN5/c16-14-10-13(7-6-11(14)8-9-17)21-19-15(18-20-21)12-4-2-1-3-5-12/h1-7,10H,8-9,17H2. The van der Waals surface area contributed by atoms with Gasteiger partial charge >= 0.3 is 0 Å². The van der Waals surface area contributed by atoms with Crippen molar-refractivity contribution in [1.29, 1.82) is 0 Å². The van der Waals surface area contributed by atoms with E-state index in [2.05, 4.69) is 31.3 Å². The van der Waals surface area contributed by atoms with Crippen molar-refractivity contribution in [1.82, 2.24) is 20.2 Å². The molecule has 0 aliphatic carbocycles. The van der Waals surface area contributed by atoms with E-state index in [0.29, 0.717) is 12.4 Å². The molecule has 0 spiro atoms. The van der Waals surface area contributed by atoms with Crippen molar-refractivity contribution in [3.8, 4) is 17.1 Å². The monoisotopic (exact) mass is 343 g/mol. The van der Waals surface area contributed by atoms with Crippen LogP contribution in [0.1, 0.15) is 5.56 Å². The van der Waals surface area contributed by atoms with E-state index in [0.717, 1.165) is 22.1 Å². The van der Waals surface area contributed by atoms with E-state index in [1.165, 1.54) is 10.4 Å². The Labute approximate surface area is 130 Å². The molecule has 0 saturated carbocycles. The first-order chi connectivity index (χ1) is 10.3. The summed E-state index contributed by atoms with van der Waals surface area (Å²) < 4.78 is 1.00. The van der Waals surface area contributed by atoms with Gasteiger partial charge in [-0.3, -0.25) is 0 Å². The van der Waals surface area contributed by atoms with Crippen LogP contribution in [0.5, 0.6) is 0 Å². The molecule has 2 aromatic carbocycles. The van der Waals surface area contributed by atoms with Crippen molar-refractivity contribution in [3.63, 3.8) is 0 Å². The summed E-state index contributed by atoms with van der Waals surface area (Å²) in [7, 11) is 0. The van der Waals surface area contributed by atoms with Crippen molar-refractivity contribution in [3.05, 3.63) is 58.6 Å². The Morgan fingerprint density at radius 2 is 1.90 bits per heavy atom. The Hall–Kier alpha value is -2.05. The van der Waals surface area contributed by atoms with Crippen LogP contribution in [0.2, 0.25) is 0 Å². The van der Waals surface area contributed by atoms with Crippen molar-refractivity contribution < 1.29 is 0 Å². The molecule has 0 bridgehead atoms. The highest BCUT2D eigenvalue weighted by Crippen LogP contribution is 2.21. The summed E-state index contributed by atoms with van der Waals surface area (Å²) in [4.78, 5) is 1.53. The van der Waals surface area contributed by atoms with Crippen LogP contribution in [0.15, 0.2) is 53.0 Å². The lowest BCUT2D eigenvalue weighted by Gasteiger charge is -2.05. The van der Waals surface area contributed by atoms with E-state index in [-0.39, 0.29) is 0 Å². The minimum absolute atomic E-state index is 0.609.